The number of nitrogens with one attached hydrogen (secondary N) is 2. The fourth-order valence-electron chi connectivity index (χ4n) is 1.79. The van der Waals surface area contributed by atoms with Crippen LogP contribution < -0.4 is 11.2 Å². The van der Waals surface area contributed by atoms with Gasteiger partial charge in [-0.05, 0) is 18.1 Å². The van der Waals surface area contributed by atoms with Crippen LogP contribution >= 0.6 is 0 Å². The van der Waals surface area contributed by atoms with Crippen molar-refractivity contribution in [3.05, 3.63) is 23.5 Å². The van der Waals surface area contributed by atoms with Gasteiger partial charge in [0, 0.05) is 6.54 Å². The molecule has 5 N–H and O–H groups in total. The van der Waals surface area contributed by atoms with Crippen LogP contribution in [0.25, 0.3) is 0 Å². The van der Waals surface area contributed by atoms with E-state index in [0.29, 0.717) is 16.3 Å². The molecule has 118 valence electrons. The molecule has 0 saturated carbocycles. The number of amides is 1. The smallest absolute Gasteiger partial charge is 0.450 e. The molecule has 0 saturated heterocycles. The van der Waals surface area contributed by atoms with E-state index in [2.05, 4.69) is 5.32 Å². The number of hydrogen-bond donors (Lipinski definition) is 4. The van der Waals surface area contributed by atoms with Crippen molar-refractivity contribution in [3.8, 4) is 0 Å². The first-order valence-corrected chi connectivity index (χ1v) is 5.77. The minimum Gasteiger partial charge on any atom is -0.497 e. The highest BCUT2D eigenvalue weighted by molar-refractivity contribution is 5.84. The van der Waals surface area contributed by atoms with Crippen LogP contribution in [0.4, 0.5) is 18.0 Å². The highest BCUT2D eigenvalue weighted by Crippen LogP contribution is 2.25. The number of alkyl halides is 3. The second kappa shape index (κ2) is 6.48. The van der Waals surface area contributed by atoms with Crippen molar-refractivity contribution < 1.29 is 27.8 Å². The molecule has 0 aromatic rings. The Hall–Kier alpha value is -2.23. The molecule has 0 aromatic heterocycles. The maximum atomic E-state index is 12.5. The molecule has 0 bridgehead atoms. The van der Waals surface area contributed by atoms with Crippen molar-refractivity contribution in [1.29, 1.82) is 5.41 Å². The monoisotopic (exact) mass is 308 g/mol. The van der Waals surface area contributed by atoms with E-state index in [1.807, 2.05) is 0 Å². The summed E-state index contributed by atoms with van der Waals surface area (Å²) < 4.78 is 42.4. The van der Waals surface area contributed by atoms with Gasteiger partial charge >= 0.3 is 12.3 Å². The largest absolute Gasteiger partial charge is 0.497 e. The molecule has 7 nitrogen and oxygen atoms in total. The first kappa shape index (κ1) is 16.8. The van der Waals surface area contributed by atoms with Gasteiger partial charge in [-0.3, -0.25) is 10.4 Å². The highest BCUT2D eigenvalue weighted by Gasteiger charge is 2.40. The van der Waals surface area contributed by atoms with Gasteiger partial charge in [0.2, 0.25) is 5.84 Å². The van der Waals surface area contributed by atoms with Gasteiger partial charge in [0.1, 0.15) is 5.76 Å². The Morgan fingerprint density at radius 3 is 2.76 bits per heavy atom. The van der Waals surface area contributed by atoms with E-state index in [4.69, 9.17) is 21.1 Å². The second-order valence-electron chi connectivity index (χ2n) is 4.21. The molecule has 1 aliphatic rings. The summed E-state index contributed by atoms with van der Waals surface area (Å²) in [6.07, 6.45) is -3.35. The Kier molecular flexibility index (Phi) is 5.19. The molecule has 1 aliphatic carbocycles. The summed E-state index contributed by atoms with van der Waals surface area (Å²) >= 11 is 0. The van der Waals surface area contributed by atoms with Gasteiger partial charge in [-0.2, -0.15) is 13.2 Å². The number of nitrogens with zero attached hydrogens (tertiary/aromatic N) is 1. The number of carboxylic acid groups (broad SMARTS) is 1. The van der Waals surface area contributed by atoms with Crippen LogP contribution in [-0.4, -0.2) is 47.9 Å². The number of amidine groups is 1. The topological polar surface area (TPSA) is 112 Å². The van der Waals surface area contributed by atoms with Gasteiger partial charge in [-0.1, -0.05) is 6.08 Å². The van der Waals surface area contributed by atoms with Crippen molar-refractivity contribution in [2.45, 2.75) is 18.6 Å². The number of hydrogen-bond acceptors (Lipinski definition) is 4. The second-order valence-corrected chi connectivity index (χ2v) is 4.21. The lowest BCUT2D eigenvalue weighted by Crippen LogP contribution is -2.51. The standard InChI is InChI=1S/C11H15F3N4O3/c1-21-8-3-2-7(4-6(8)5-17-10(19)20)18(16)9(15)11(12,13)14/h2-3,7,15,17H,4-5,16H2,1H3,(H,19,20). The number of ether oxygens (including phenoxy) is 1. The van der Waals surface area contributed by atoms with E-state index in [1.54, 1.807) is 0 Å². The molecule has 1 atom stereocenters. The molecule has 0 fully saturated rings. The fraction of sp³-hybridized carbons (Fsp3) is 0.455. The molecule has 0 heterocycles. The first-order chi connectivity index (χ1) is 9.66. The summed E-state index contributed by atoms with van der Waals surface area (Å²) in [5, 5.41) is 18.0. The SMILES string of the molecule is COC1=C(CNC(=O)O)CC(N(N)C(=N)C(F)(F)F)C=C1. The average molecular weight is 308 g/mol. The number of methoxy groups -OCH3 is 1. The fourth-order valence-corrected chi connectivity index (χ4v) is 1.79. The Balaban J connectivity index is 2.83. The highest BCUT2D eigenvalue weighted by atomic mass is 19.4. The summed E-state index contributed by atoms with van der Waals surface area (Å²) in [7, 11) is 1.36. The van der Waals surface area contributed by atoms with E-state index in [1.165, 1.54) is 19.3 Å². The molecular weight excluding hydrogens is 293 g/mol. The van der Waals surface area contributed by atoms with Gasteiger partial charge in [0.05, 0.1) is 13.2 Å². The van der Waals surface area contributed by atoms with Gasteiger partial charge in [0.25, 0.3) is 0 Å². The van der Waals surface area contributed by atoms with E-state index >= 15 is 0 Å². The third kappa shape index (κ3) is 4.38. The Morgan fingerprint density at radius 2 is 2.29 bits per heavy atom. The number of hydrazine groups is 1. The van der Waals surface area contributed by atoms with Crippen LogP contribution in [-0.2, 0) is 4.74 Å². The van der Waals surface area contributed by atoms with Crippen molar-refractivity contribution in [2.24, 2.45) is 5.84 Å². The Labute approximate surface area is 118 Å². The molecule has 0 aliphatic heterocycles. The summed E-state index contributed by atoms with van der Waals surface area (Å²) in [5.74, 6) is 4.00. The number of halogens is 3. The van der Waals surface area contributed by atoms with Crippen LogP contribution in [0.3, 0.4) is 0 Å². The van der Waals surface area contributed by atoms with E-state index in [9.17, 15) is 18.0 Å². The zero-order chi connectivity index (χ0) is 16.2. The van der Waals surface area contributed by atoms with Crippen LogP contribution in [0.2, 0.25) is 0 Å². The van der Waals surface area contributed by atoms with Crippen LogP contribution in [0.15, 0.2) is 23.5 Å². The van der Waals surface area contributed by atoms with Gasteiger partial charge < -0.3 is 15.2 Å². The van der Waals surface area contributed by atoms with E-state index in [0.717, 1.165) is 0 Å². The molecule has 1 rings (SSSR count). The van der Waals surface area contributed by atoms with Gasteiger partial charge in [-0.15, -0.1) is 0 Å². The minimum atomic E-state index is -4.85. The van der Waals surface area contributed by atoms with E-state index < -0.39 is 24.1 Å². The summed E-state index contributed by atoms with van der Waals surface area (Å²) in [6, 6.07) is -0.913. The van der Waals surface area contributed by atoms with Gasteiger partial charge in [-0.25, -0.2) is 10.6 Å². The molecule has 0 radical (unpaired) electrons. The molecular formula is C11H15F3N4O3. The predicted molar refractivity (Wildman–Crippen MR) is 67.4 cm³/mol. The molecule has 10 heteroatoms. The number of allylic oxidation sites excluding steroid dienone is 1. The first-order valence-electron chi connectivity index (χ1n) is 5.77. The van der Waals surface area contributed by atoms with Crippen LogP contribution in [0.5, 0.6) is 0 Å². The van der Waals surface area contributed by atoms with Crippen molar-refractivity contribution in [1.82, 2.24) is 10.3 Å². The quantitative estimate of drug-likeness (QED) is 0.270. The molecule has 1 unspecified atom stereocenters. The van der Waals surface area contributed by atoms with E-state index in [-0.39, 0.29) is 13.0 Å². The molecule has 0 spiro atoms. The number of nitrogens with two attached hydrogens (primary N) is 1. The van der Waals surface area contributed by atoms with Crippen molar-refractivity contribution in [3.63, 3.8) is 0 Å². The average Bonchev–Trinajstić information content (AvgIpc) is 2.42. The third-order valence-corrected chi connectivity index (χ3v) is 2.83. The van der Waals surface area contributed by atoms with Crippen molar-refractivity contribution in [2.75, 3.05) is 13.7 Å². The number of rotatable bonds is 4. The Bertz CT molecular complexity index is 488. The van der Waals surface area contributed by atoms with Gasteiger partial charge in [0.15, 0.2) is 0 Å². The normalized spacial score (nSPS) is 18.4. The lowest BCUT2D eigenvalue weighted by molar-refractivity contribution is -0.0712. The Morgan fingerprint density at radius 1 is 1.67 bits per heavy atom. The maximum absolute atomic E-state index is 12.5. The lowest BCUT2D eigenvalue weighted by Gasteiger charge is -2.31. The summed E-state index contributed by atoms with van der Waals surface area (Å²) in [5.41, 5.74) is 0.442. The maximum Gasteiger partial charge on any atom is 0.450 e. The molecule has 21 heavy (non-hydrogen) atoms. The summed E-state index contributed by atoms with van der Waals surface area (Å²) in [6.45, 7) is -0.105. The molecule has 1 amide bonds. The lowest BCUT2D eigenvalue weighted by atomic mass is 9.98. The van der Waals surface area contributed by atoms with Crippen molar-refractivity contribution >= 4 is 11.9 Å². The zero-order valence-corrected chi connectivity index (χ0v) is 11.1. The third-order valence-electron chi connectivity index (χ3n) is 2.83. The van der Waals surface area contributed by atoms with Crippen LogP contribution in [0, 0.1) is 5.41 Å². The minimum absolute atomic E-state index is 0.00884. The van der Waals surface area contributed by atoms with Crippen LogP contribution in [0.1, 0.15) is 6.42 Å². The zero-order valence-electron chi connectivity index (χ0n) is 11.1. The number of carbonyl (C=O) groups is 1. The predicted octanol–water partition coefficient (Wildman–Crippen LogP) is 1.20. The molecule has 0 aromatic carbocycles. The summed E-state index contributed by atoms with van der Waals surface area (Å²) in [4.78, 5) is 10.5.